The zero-order chi connectivity index (χ0) is 14.4. The van der Waals surface area contributed by atoms with Crippen LogP contribution in [0.15, 0.2) is 53.7 Å². The molecule has 1 unspecified atom stereocenters. The average molecular weight is 300 g/mol. The Labute approximate surface area is 125 Å². The molecule has 4 rings (SSSR count). The standard InChI is InChI=1S/C16H10ClNO3/c17-11-7-5-10(6-8-11)14-9-16(21-18-14)13-4-2-1-3-12(13)15(19)20-16/h1-8H,9H2. The topological polar surface area (TPSA) is 47.9 Å². The Bertz CT molecular complexity index is 769. The van der Waals surface area contributed by atoms with Crippen molar-refractivity contribution in [2.24, 2.45) is 5.16 Å². The van der Waals surface area contributed by atoms with Gasteiger partial charge in [0, 0.05) is 5.02 Å². The number of hydrogen-bond acceptors (Lipinski definition) is 4. The summed E-state index contributed by atoms with van der Waals surface area (Å²) >= 11 is 5.88. The highest BCUT2D eigenvalue weighted by atomic mass is 35.5. The van der Waals surface area contributed by atoms with Gasteiger partial charge in [0.15, 0.2) is 0 Å². The van der Waals surface area contributed by atoms with E-state index >= 15 is 0 Å². The number of hydrogen-bond donors (Lipinski definition) is 0. The predicted molar refractivity (Wildman–Crippen MR) is 77.2 cm³/mol. The fourth-order valence-electron chi connectivity index (χ4n) is 2.66. The van der Waals surface area contributed by atoms with E-state index in [4.69, 9.17) is 21.2 Å². The van der Waals surface area contributed by atoms with Crippen LogP contribution >= 0.6 is 11.6 Å². The van der Waals surface area contributed by atoms with E-state index in [0.717, 1.165) is 16.8 Å². The molecule has 5 heteroatoms. The van der Waals surface area contributed by atoms with Gasteiger partial charge in [-0.1, -0.05) is 47.1 Å². The summed E-state index contributed by atoms with van der Waals surface area (Å²) in [6, 6.07) is 14.5. The van der Waals surface area contributed by atoms with Gasteiger partial charge in [-0.05, 0) is 23.8 Å². The van der Waals surface area contributed by atoms with Crippen LogP contribution in [-0.4, -0.2) is 11.7 Å². The van der Waals surface area contributed by atoms with Crippen LogP contribution in [0.3, 0.4) is 0 Å². The number of esters is 1. The van der Waals surface area contributed by atoms with E-state index in [-0.39, 0.29) is 5.97 Å². The molecular weight excluding hydrogens is 290 g/mol. The minimum Gasteiger partial charge on any atom is -0.412 e. The first-order valence-electron chi connectivity index (χ1n) is 6.52. The molecule has 0 saturated carbocycles. The molecule has 2 aromatic rings. The molecule has 0 aliphatic carbocycles. The molecule has 2 aliphatic heterocycles. The number of nitrogens with zero attached hydrogens (tertiary/aromatic N) is 1. The molecule has 0 aromatic heterocycles. The maximum atomic E-state index is 11.9. The van der Waals surface area contributed by atoms with Gasteiger partial charge in [-0.2, -0.15) is 0 Å². The van der Waals surface area contributed by atoms with Crippen molar-refractivity contribution in [2.75, 3.05) is 0 Å². The van der Waals surface area contributed by atoms with E-state index in [2.05, 4.69) is 5.16 Å². The van der Waals surface area contributed by atoms with Crippen LogP contribution in [0.1, 0.15) is 27.9 Å². The zero-order valence-electron chi connectivity index (χ0n) is 10.9. The van der Waals surface area contributed by atoms with Crippen LogP contribution in [0.4, 0.5) is 0 Å². The number of ether oxygens (including phenoxy) is 1. The Morgan fingerprint density at radius 2 is 1.86 bits per heavy atom. The third-order valence-corrected chi connectivity index (χ3v) is 3.95. The number of oxime groups is 1. The highest BCUT2D eigenvalue weighted by Gasteiger charge is 2.52. The molecule has 0 N–H and O–H groups in total. The van der Waals surface area contributed by atoms with Gasteiger partial charge in [0.05, 0.1) is 23.3 Å². The Morgan fingerprint density at radius 3 is 2.67 bits per heavy atom. The quantitative estimate of drug-likeness (QED) is 0.757. The predicted octanol–water partition coefficient (Wildman–Crippen LogP) is 3.49. The first-order chi connectivity index (χ1) is 10.2. The molecule has 1 atom stereocenters. The Hall–Kier alpha value is -2.33. The van der Waals surface area contributed by atoms with Gasteiger partial charge < -0.3 is 9.57 Å². The molecule has 4 nitrogen and oxygen atoms in total. The molecule has 0 saturated heterocycles. The first-order valence-corrected chi connectivity index (χ1v) is 6.90. The lowest BCUT2D eigenvalue weighted by Gasteiger charge is -2.19. The van der Waals surface area contributed by atoms with Crippen molar-refractivity contribution in [1.82, 2.24) is 0 Å². The van der Waals surface area contributed by atoms with Gasteiger partial charge in [0.2, 0.25) is 0 Å². The van der Waals surface area contributed by atoms with Crippen molar-refractivity contribution in [3.8, 4) is 0 Å². The molecule has 21 heavy (non-hydrogen) atoms. The third-order valence-electron chi connectivity index (χ3n) is 3.70. The molecule has 104 valence electrons. The highest BCUT2D eigenvalue weighted by Crippen LogP contribution is 2.44. The minimum absolute atomic E-state index is 0.377. The van der Waals surface area contributed by atoms with Crippen molar-refractivity contribution in [1.29, 1.82) is 0 Å². The van der Waals surface area contributed by atoms with Crippen molar-refractivity contribution >= 4 is 23.3 Å². The minimum atomic E-state index is -1.12. The summed E-state index contributed by atoms with van der Waals surface area (Å²) in [7, 11) is 0. The van der Waals surface area contributed by atoms with Crippen LogP contribution in [-0.2, 0) is 15.4 Å². The molecular formula is C16H10ClNO3. The maximum absolute atomic E-state index is 11.9. The van der Waals surface area contributed by atoms with Crippen molar-refractivity contribution in [3.63, 3.8) is 0 Å². The van der Waals surface area contributed by atoms with E-state index in [9.17, 15) is 4.79 Å². The monoisotopic (exact) mass is 299 g/mol. The van der Waals surface area contributed by atoms with Gasteiger partial charge >= 0.3 is 11.8 Å². The largest absolute Gasteiger partial charge is 0.412 e. The molecule has 1 spiro atoms. The van der Waals surface area contributed by atoms with Crippen molar-refractivity contribution < 1.29 is 14.4 Å². The summed E-state index contributed by atoms with van der Waals surface area (Å²) in [4.78, 5) is 17.5. The van der Waals surface area contributed by atoms with E-state index in [1.54, 1.807) is 24.3 Å². The van der Waals surface area contributed by atoms with Gasteiger partial charge in [-0.25, -0.2) is 4.79 Å². The van der Waals surface area contributed by atoms with Gasteiger partial charge in [-0.15, -0.1) is 0 Å². The number of fused-ring (bicyclic) bond motifs is 2. The number of benzene rings is 2. The number of rotatable bonds is 1. The lowest BCUT2D eigenvalue weighted by Crippen LogP contribution is -2.26. The molecule has 0 bridgehead atoms. The second kappa shape index (κ2) is 4.33. The van der Waals surface area contributed by atoms with Gasteiger partial charge in [0.1, 0.15) is 0 Å². The summed E-state index contributed by atoms with van der Waals surface area (Å²) in [5.74, 6) is -1.50. The van der Waals surface area contributed by atoms with Crippen LogP contribution in [0.5, 0.6) is 0 Å². The average Bonchev–Trinajstić information content (AvgIpc) is 3.04. The first kappa shape index (κ1) is 12.4. The number of carbonyl (C=O) groups is 1. The van der Waals surface area contributed by atoms with E-state index in [1.807, 2.05) is 24.3 Å². The van der Waals surface area contributed by atoms with Crippen molar-refractivity contribution in [3.05, 3.63) is 70.2 Å². The maximum Gasteiger partial charge on any atom is 0.342 e. The summed E-state index contributed by atoms with van der Waals surface area (Å²) in [6.07, 6.45) is 0.386. The van der Waals surface area contributed by atoms with Crippen LogP contribution in [0.25, 0.3) is 0 Å². The van der Waals surface area contributed by atoms with Crippen molar-refractivity contribution in [2.45, 2.75) is 12.2 Å². The zero-order valence-corrected chi connectivity index (χ0v) is 11.6. The van der Waals surface area contributed by atoms with Crippen LogP contribution in [0, 0.1) is 0 Å². The second-order valence-corrected chi connectivity index (χ2v) is 5.44. The molecule has 2 aliphatic rings. The molecule has 0 radical (unpaired) electrons. The van der Waals surface area contributed by atoms with E-state index < -0.39 is 5.79 Å². The van der Waals surface area contributed by atoms with Gasteiger partial charge in [0.25, 0.3) is 0 Å². The lowest BCUT2D eigenvalue weighted by molar-refractivity contribution is -0.186. The Kier molecular flexibility index (Phi) is 2.56. The molecule has 2 aromatic carbocycles. The number of halogens is 1. The highest BCUT2D eigenvalue weighted by molar-refractivity contribution is 6.30. The smallest absolute Gasteiger partial charge is 0.342 e. The molecule has 0 amide bonds. The summed E-state index contributed by atoms with van der Waals surface area (Å²) in [5, 5.41) is 4.76. The summed E-state index contributed by atoms with van der Waals surface area (Å²) in [5.41, 5.74) is 2.89. The fraction of sp³-hybridized carbons (Fsp3) is 0.125. The normalized spacial score (nSPS) is 22.7. The van der Waals surface area contributed by atoms with Crippen LogP contribution in [0.2, 0.25) is 5.02 Å². The van der Waals surface area contributed by atoms with E-state index in [0.29, 0.717) is 17.0 Å². The SMILES string of the molecule is O=C1OC2(CC(c3ccc(Cl)cc3)=NO2)c2ccccc21. The molecule has 0 fully saturated rings. The van der Waals surface area contributed by atoms with Crippen LogP contribution < -0.4 is 0 Å². The van der Waals surface area contributed by atoms with E-state index in [1.165, 1.54) is 0 Å². The fourth-order valence-corrected chi connectivity index (χ4v) is 2.79. The summed E-state index contributed by atoms with van der Waals surface area (Å²) < 4.78 is 5.45. The number of carbonyl (C=O) groups excluding carboxylic acids is 1. The van der Waals surface area contributed by atoms with Gasteiger partial charge in [-0.3, -0.25) is 0 Å². The lowest BCUT2D eigenvalue weighted by atomic mass is 9.96. The summed E-state index contributed by atoms with van der Waals surface area (Å²) in [6.45, 7) is 0. The Balaban J connectivity index is 1.70. The Morgan fingerprint density at radius 1 is 1.10 bits per heavy atom. The third kappa shape index (κ3) is 1.83. The second-order valence-electron chi connectivity index (χ2n) is 5.00. The molecule has 2 heterocycles.